The van der Waals surface area contributed by atoms with Crippen LogP contribution in [0.15, 0.2) is 29.2 Å². The Morgan fingerprint density at radius 1 is 1.20 bits per heavy atom. The van der Waals surface area contributed by atoms with E-state index >= 15 is 0 Å². The summed E-state index contributed by atoms with van der Waals surface area (Å²) in [7, 11) is -1.61. The summed E-state index contributed by atoms with van der Waals surface area (Å²) in [5, 5.41) is 5.60. The van der Waals surface area contributed by atoms with Crippen molar-refractivity contribution in [2.45, 2.75) is 18.2 Å². The maximum absolute atomic E-state index is 12.1. The zero-order valence-electron chi connectivity index (χ0n) is 11.7. The van der Waals surface area contributed by atoms with E-state index in [-0.39, 0.29) is 34.5 Å². The van der Waals surface area contributed by atoms with E-state index in [4.69, 9.17) is 0 Å². The Morgan fingerprint density at radius 2 is 1.85 bits per heavy atom. The molecular weight excluding hydrogens is 300 g/mol. The van der Waals surface area contributed by atoms with Gasteiger partial charge in [0.2, 0.25) is 0 Å². The van der Waals surface area contributed by atoms with E-state index in [0.29, 0.717) is 19.5 Å². The third-order valence-electron chi connectivity index (χ3n) is 2.60. The summed E-state index contributed by atoms with van der Waals surface area (Å²) < 4.78 is 24.2. The van der Waals surface area contributed by atoms with Crippen molar-refractivity contribution >= 4 is 28.2 Å². The summed E-state index contributed by atoms with van der Waals surface area (Å²) in [4.78, 5) is 12.1. The second kappa shape index (κ2) is 8.94. The lowest BCUT2D eigenvalue weighted by atomic mass is 10.2. The maximum atomic E-state index is 12.1. The number of benzene rings is 1. The molecule has 0 fully saturated rings. The van der Waals surface area contributed by atoms with E-state index in [0.717, 1.165) is 0 Å². The molecule has 114 valence electrons. The van der Waals surface area contributed by atoms with Gasteiger partial charge in [0.1, 0.15) is 0 Å². The first-order valence-corrected chi connectivity index (χ1v) is 7.92. The number of hydrogen-bond acceptors (Lipinski definition) is 4. The van der Waals surface area contributed by atoms with Crippen LogP contribution < -0.4 is 10.6 Å². The zero-order valence-corrected chi connectivity index (χ0v) is 13.3. The molecule has 0 saturated heterocycles. The van der Waals surface area contributed by atoms with Crippen LogP contribution in [0.25, 0.3) is 0 Å². The molecule has 0 spiro atoms. The van der Waals surface area contributed by atoms with Gasteiger partial charge in [0, 0.05) is 13.1 Å². The van der Waals surface area contributed by atoms with Gasteiger partial charge in [-0.3, -0.25) is 4.79 Å². The average Bonchev–Trinajstić information content (AvgIpc) is 2.39. The number of nitrogens with one attached hydrogen (secondary N) is 2. The number of carbonyl (C=O) groups is 1. The molecule has 0 aliphatic rings. The van der Waals surface area contributed by atoms with Crippen LogP contribution in [0.5, 0.6) is 0 Å². The second-order valence-corrected chi connectivity index (χ2v) is 6.25. The minimum Gasteiger partial charge on any atom is -0.351 e. The summed E-state index contributed by atoms with van der Waals surface area (Å²) in [5.41, 5.74) is 0.215. The monoisotopic (exact) mass is 320 g/mol. The molecule has 0 aromatic heterocycles. The van der Waals surface area contributed by atoms with Gasteiger partial charge in [-0.05, 0) is 25.6 Å². The number of amides is 1. The molecule has 1 aromatic rings. The number of rotatable bonds is 7. The van der Waals surface area contributed by atoms with Gasteiger partial charge in [-0.1, -0.05) is 19.1 Å². The topological polar surface area (TPSA) is 75.3 Å². The lowest BCUT2D eigenvalue weighted by molar-refractivity contribution is 0.0951. The highest BCUT2D eigenvalue weighted by molar-refractivity contribution is 7.91. The summed E-state index contributed by atoms with van der Waals surface area (Å²) in [6, 6.07) is 6.32. The van der Waals surface area contributed by atoms with Gasteiger partial charge in [-0.15, -0.1) is 12.4 Å². The molecule has 7 heteroatoms. The third-order valence-corrected chi connectivity index (χ3v) is 4.57. The van der Waals surface area contributed by atoms with Crippen molar-refractivity contribution in [3.63, 3.8) is 0 Å². The van der Waals surface area contributed by atoms with Crippen LogP contribution in [-0.4, -0.2) is 40.2 Å². The van der Waals surface area contributed by atoms with Gasteiger partial charge in [0.05, 0.1) is 16.2 Å². The molecule has 2 N–H and O–H groups in total. The van der Waals surface area contributed by atoms with Crippen LogP contribution in [0.1, 0.15) is 23.7 Å². The molecule has 1 amide bonds. The van der Waals surface area contributed by atoms with E-state index in [1.807, 2.05) is 0 Å². The van der Waals surface area contributed by atoms with Crippen LogP contribution in [0.2, 0.25) is 0 Å². The van der Waals surface area contributed by atoms with Crippen molar-refractivity contribution < 1.29 is 13.2 Å². The van der Waals surface area contributed by atoms with Gasteiger partial charge in [-0.2, -0.15) is 0 Å². The minimum atomic E-state index is -3.39. The molecule has 0 aliphatic carbocycles. The largest absolute Gasteiger partial charge is 0.351 e. The van der Waals surface area contributed by atoms with Crippen LogP contribution in [0.3, 0.4) is 0 Å². The molecule has 0 radical (unpaired) electrons. The Labute approximate surface area is 126 Å². The Kier molecular flexibility index (Phi) is 8.45. The molecule has 20 heavy (non-hydrogen) atoms. The number of sulfone groups is 1. The van der Waals surface area contributed by atoms with Gasteiger partial charge in [0.25, 0.3) is 5.91 Å². The molecule has 0 heterocycles. The summed E-state index contributed by atoms with van der Waals surface area (Å²) in [6.07, 6.45) is 0.526. The average molecular weight is 321 g/mol. The molecule has 0 unspecified atom stereocenters. The fourth-order valence-electron chi connectivity index (χ4n) is 1.70. The predicted molar refractivity (Wildman–Crippen MR) is 82.3 cm³/mol. The van der Waals surface area contributed by atoms with Crippen LogP contribution in [-0.2, 0) is 9.84 Å². The Morgan fingerprint density at radius 3 is 2.45 bits per heavy atom. The smallest absolute Gasteiger partial charge is 0.252 e. The summed E-state index contributed by atoms with van der Waals surface area (Å²) in [5.74, 6) is -0.307. The van der Waals surface area contributed by atoms with Crippen molar-refractivity contribution in [1.29, 1.82) is 0 Å². The van der Waals surface area contributed by atoms with Crippen molar-refractivity contribution in [3.05, 3.63) is 29.8 Å². The van der Waals surface area contributed by atoms with Crippen LogP contribution in [0.4, 0.5) is 0 Å². The fraction of sp³-hybridized carbons (Fsp3) is 0.462. The van der Waals surface area contributed by atoms with E-state index in [9.17, 15) is 13.2 Å². The Hall–Kier alpha value is -1.11. The fourth-order valence-corrected chi connectivity index (χ4v) is 3.24. The highest BCUT2D eigenvalue weighted by atomic mass is 35.5. The van der Waals surface area contributed by atoms with Gasteiger partial charge in [-0.25, -0.2) is 8.42 Å². The number of hydrogen-bond donors (Lipinski definition) is 2. The van der Waals surface area contributed by atoms with Crippen molar-refractivity contribution in [2.24, 2.45) is 0 Å². The van der Waals surface area contributed by atoms with Crippen molar-refractivity contribution in [1.82, 2.24) is 10.6 Å². The molecular formula is C13H21ClN2O3S. The van der Waals surface area contributed by atoms with E-state index < -0.39 is 9.84 Å². The second-order valence-electron chi connectivity index (χ2n) is 4.17. The van der Waals surface area contributed by atoms with Gasteiger partial charge in [0.15, 0.2) is 9.84 Å². The normalized spacial score (nSPS) is 10.7. The quantitative estimate of drug-likeness (QED) is 0.741. The lowest BCUT2D eigenvalue weighted by Crippen LogP contribution is -2.31. The predicted octanol–water partition coefficient (Wildman–Crippen LogP) is 1.24. The van der Waals surface area contributed by atoms with E-state index in [1.165, 1.54) is 12.1 Å². The van der Waals surface area contributed by atoms with E-state index in [2.05, 4.69) is 10.6 Å². The minimum absolute atomic E-state index is 0. The summed E-state index contributed by atoms with van der Waals surface area (Å²) >= 11 is 0. The van der Waals surface area contributed by atoms with Crippen LogP contribution >= 0.6 is 12.4 Å². The standard InChI is InChI=1S/C13H20N2O3S.ClH/c1-3-10-19(17,18)12-7-5-4-6-11(12)13(16)15-9-8-14-2;/h4-7,14H,3,8-10H2,1-2H3,(H,15,16);1H. The zero-order chi connectivity index (χ0) is 14.3. The lowest BCUT2D eigenvalue weighted by Gasteiger charge is -2.10. The van der Waals surface area contributed by atoms with Crippen LogP contribution in [0, 0.1) is 0 Å². The molecule has 0 aliphatic heterocycles. The first-order valence-electron chi connectivity index (χ1n) is 6.27. The number of likely N-dealkylation sites (N-methyl/N-ethyl adjacent to an activating group) is 1. The molecule has 0 saturated carbocycles. The molecule has 1 aromatic carbocycles. The maximum Gasteiger partial charge on any atom is 0.252 e. The molecule has 1 rings (SSSR count). The highest BCUT2D eigenvalue weighted by Gasteiger charge is 2.20. The first-order chi connectivity index (χ1) is 9.03. The van der Waals surface area contributed by atoms with Crippen molar-refractivity contribution in [2.75, 3.05) is 25.9 Å². The number of halogens is 1. The third kappa shape index (κ3) is 5.11. The Bertz CT molecular complexity index is 532. The highest BCUT2D eigenvalue weighted by Crippen LogP contribution is 2.17. The van der Waals surface area contributed by atoms with Gasteiger partial charge >= 0.3 is 0 Å². The van der Waals surface area contributed by atoms with Gasteiger partial charge < -0.3 is 10.6 Å². The molecule has 0 bridgehead atoms. The first kappa shape index (κ1) is 18.9. The van der Waals surface area contributed by atoms with Crippen molar-refractivity contribution in [3.8, 4) is 0 Å². The SMILES string of the molecule is CCCS(=O)(=O)c1ccccc1C(=O)NCCNC.Cl. The van der Waals surface area contributed by atoms with E-state index in [1.54, 1.807) is 26.1 Å². The molecule has 5 nitrogen and oxygen atoms in total. The Balaban J connectivity index is 0.00000361. The molecule has 0 atom stereocenters. The summed E-state index contributed by atoms with van der Waals surface area (Å²) in [6.45, 7) is 2.89. The number of carbonyl (C=O) groups excluding carboxylic acids is 1.